The zero-order chi connectivity index (χ0) is 16.8. The average molecular weight is 315 g/mol. The van der Waals surface area contributed by atoms with E-state index in [2.05, 4.69) is 0 Å². The summed E-state index contributed by atoms with van der Waals surface area (Å²) in [4.78, 5) is 25.5. The molecule has 0 bridgehead atoms. The molecule has 120 valence electrons. The number of nitrogens with zero attached hydrogens (tertiary/aromatic N) is 1. The summed E-state index contributed by atoms with van der Waals surface area (Å²) in [6, 6.07) is 12.5. The second-order valence-corrected chi connectivity index (χ2v) is 5.22. The first-order chi connectivity index (χ1) is 11.0. The lowest BCUT2D eigenvalue weighted by atomic mass is 10.1. The molecule has 0 unspecified atom stereocenters. The van der Waals surface area contributed by atoms with Crippen LogP contribution in [0.15, 0.2) is 48.5 Å². The SMILES string of the molecule is Cc1ccc(C(=O)C(=O)N(C)CCOc2ccc(F)cc2)cc1. The molecule has 0 aliphatic rings. The Morgan fingerprint density at radius 1 is 1.04 bits per heavy atom. The minimum Gasteiger partial charge on any atom is -0.492 e. The number of carbonyl (C=O) groups is 2. The summed E-state index contributed by atoms with van der Waals surface area (Å²) >= 11 is 0. The van der Waals surface area contributed by atoms with Crippen molar-refractivity contribution in [1.82, 2.24) is 4.90 Å². The van der Waals surface area contributed by atoms with Crippen LogP contribution in [0.1, 0.15) is 15.9 Å². The van der Waals surface area contributed by atoms with E-state index in [0.29, 0.717) is 11.3 Å². The summed E-state index contributed by atoms with van der Waals surface area (Å²) in [5.41, 5.74) is 1.39. The monoisotopic (exact) mass is 315 g/mol. The van der Waals surface area contributed by atoms with Gasteiger partial charge in [0, 0.05) is 12.6 Å². The molecular weight excluding hydrogens is 297 g/mol. The maximum Gasteiger partial charge on any atom is 0.294 e. The van der Waals surface area contributed by atoms with Crippen molar-refractivity contribution in [2.75, 3.05) is 20.2 Å². The van der Waals surface area contributed by atoms with Gasteiger partial charge in [-0.3, -0.25) is 9.59 Å². The molecule has 0 spiro atoms. The van der Waals surface area contributed by atoms with Crippen molar-refractivity contribution in [2.45, 2.75) is 6.92 Å². The Kier molecular flexibility index (Phi) is 5.46. The van der Waals surface area contributed by atoms with Gasteiger partial charge in [0.2, 0.25) is 5.78 Å². The number of amides is 1. The van der Waals surface area contributed by atoms with Gasteiger partial charge in [-0.15, -0.1) is 0 Å². The molecule has 2 aromatic rings. The lowest BCUT2D eigenvalue weighted by Crippen LogP contribution is -2.36. The molecule has 0 radical (unpaired) electrons. The second-order valence-electron chi connectivity index (χ2n) is 5.22. The first kappa shape index (κ1) is 16.7. The van der Waals surface area contributed by atoms with Gasteiger partial charge >= 0.3 is 0 Å². The van der Waals surface area contributed by atoms with Crippen LogP contribution >= 0.6 is 0 Å². The van der Waals surface area contributed by atoms with Crippen LogP contribution in [0, 0.1) is 12.7 Å². The molecule has 0 heterocycles. The highest BCUT2D eigenvalue weighted by molar-refractivity contribution is 6.42. The first-order valence-electron chi connectivity index (χ1n) is 7.22. The van der Waals surface area contributed by atoms with Gasteiger partial charge in [0.05, 0.1) is 6.54 Å². The number of halogens is 1. The Hall–Kier alpha value is -2.69. The molecule has 2 rings (SSSR count). The Morgan fingerprint density at radius 2 is 1.65 bits per heavy atom. The quantitative estimate of drug-likeness (QED) is 0.608. The number of Topliss-reactive ketones (excluding diaryl/α,β-unsaturated/α-hetero) is 1. The fraction of sp³-hybridized carbons (Fsp3) is 0.222. The van der Waals surface area contributed by atoms with Gasteiger partial charge in [-0.05, 0) is 31.2 Å². The van der Waals surface area contributed by atoms with E-state index in [9.17, 15) is 14.0 Å². The lowest BCUT2D eigenvalue weighted by molar-refractivity contribution is -0.125. The van der Waals surface area contributed by atoms with Crippen molar-refractivity contribution in [3.05, 3.63) is 65.5 Å². The summed E-state index contributed by atoms with van der Waals surface area (Å²) in [5, 5.41) is 0. The smallest absolute Gasteiger partial charge is 0.294 e. The van der Waals surface area contributed by atoms with Crippen LogP contribution in [0.25, 0.3) is 0 Å². The number of carbonyl (C=O) groups excluding carboxylic acids is 2. The van der Waals surface area contributed by atoms with Gasteiger partial charge < -0.3 is 9.64 Å². The third kappa shape index (κ3) is 4.64. The van der Waals surface area contributed by atoms with Gasteiger partial charge in [0.15, 0.2) is 0 Å². The molecule has 0 aliphatic heterocycles. The number of ketones is 1. The largest absolute Gasteiger partial charge is 0.492 e. The van der Waals surface area contributed by atoms with Crippen LogP contribution in [-0.4, -0.2) is 36.8 Å². The predicted molar refractivity (Wildman–Crippen MR) is 85.0 cm³/mol. The highest BCUT2D eigenvalue weighted by Gasteiger charge is 2.20. The van der Waals surface area contributed by atoms with Gasteiger partial charge in [-0.2, -0.15) is 0 Å². The fourth-order valence-corrected chi connectivity index (χ4v) is 1.93. The first-order valence-corrected chi connectivity index (χ1v) is 7.22. The molecule has 0 saturated heterocycles. The topological polar surface area (TPSA) is 46.6 Å². The average Bonchev–Trinajstić information content (AvgIpc) is 2.56. The van der Waals surface area contributed by atoms with Crippen molar-refractivity contribution >= 4 is 11.7 Å². The third-order valence-corrected chi connectivity index (χ3v) is 3.36. The van der Waals surface area contributed by atoms with Crippen molar-refractivity contribution in [3.63, 3.8) is 0 Å². The van der Waals surface area contributed by atoms with E-state index in [-0.39, 0.29) is 19.0 Å². The highest BCUT2D eigenvalue weighted by atomic mass is 19.1. The maximum atomic E-state index is 12.8. The summed E-state index contributed by atoms with van der Waals surface area (Å²) in [7, 11) is 1.54. The summed E-state index contributed by atoms with van der Waals surface area (Å²) in [5.74, 6) is -0.962. The number of rotatable bonds is 6. The van der Waals surface area contributed by atoms with E-state index < -0.39 is 11.7 Å². The molecule has 0 aromatic heterocycles. The number of benzene rings is 2. The second kappa shape index (κ2) is 7.54. The molecule has 0 saturated carbocycles. The summed E-state index contributed by atoms with van der Waals surface area (Å²) in [6.45, 7) is 2.39. The van der Waals surface area contributed by atoms with E-state index in [1.807, 2.05) is 6.92 Å². The molecular formula is C18H18FNO3. The molecule has 5 heteroatoms. The van der Waals surface area contributed by atoms with Crippen LogP contribution in [0.3, 0.4) is 0 Å². The standard InChI is InChI=1S/C18H18FNO3/c1-13-3-5-14(6-4-13)17(21)18(22)20(2)11-12-23-16-9-7-15(19)8-10-16/h3-10H,11-12H2,1-2H3. The minimum absolute atomic E-state index is 0.217. The Labute approximate surface area is 134 Å². The number of ether oxygens (including phenoxy) is 1. The molecule has 4 nitrogen and oxygen atoms in total. The Balaban J connectivity index is 1.85. The molecule has 2 aromatic carbocycles. The van der Waals surface area contributed by atoms with Crippen molar-refractivity contribution in [3.8, 4) is 5.75 Å². The van der Waals surface area contributed by atoms with E-state index in [1.165, 1.54) is 29.2 Å². The molecule has 0 aliphatic carbocycles. The molecule has 23 heavy (non-hydrogen) atoms. The maximum absolute atomic E-state index is 12.8. The molecule has 0 atom stereocenters. The van der Waals surface area contributed by atoms with E-state index in [1.54, 1.807) is 31.3 Å². The fourth-order valence-electron chi connectivity index (χ4n) is 1.93. The minimum atomic E-state index is -0.587. The van der Waals surface area contributed by atoms with Crippen molar-refractivity contribution in [2.24, 2.45) is 0 Å². The zero-order valence-corrected chi connectivity index (χ0v) is 13.1. The number of hydrogen-bond acceptors (Lipinski definition) is 3. The summed E-state index contributed by atoms with van der Waals surface area (Å²) in [6.07, 6.45) is 0. The van der Waals surface area contributed by atoms with E-state index in [4.69, 9.17) is 4.74 Å². The predicted octanol–water partition coefficient (Wildman–Crippen LogP) is 2.85. The molecule has 0 fully saturated rings. The Morgan fingerprint density at radius 3 is 2.26 bits per heavy atom. The van der Waals surface area contributed by atoms with Crippen LogP contribution in [0.2, 0.25) is 0 Å². The Bertz CT molecular complexity index is 680. The van der Waals surface area contributed by atoms with Crippen LogP contribution in [-0.2, 0) is 4.79 Å². The van der Waals surface area contributed by atoms with Crippen molar-refractivity contribution < 1.29 is 18.7 Å². The van der Waals surface area contributed by atoms with Gasteiger partial charge in [-0.1, -0.05) is 29.8 Å². The third-order valence-electron chi connectivity index (χ3n) is 3.36. The number of likely N-dealkylation sites (N-methyl/N-ethyl adjacent to an activating group) is 1. The van der Waals surface area contributed by atoms with Crippen molar-refractivity contribution in [1.29, 1.82) is 0 Å². The van der Waals surface area contributed by atoms with Gasteiger partial charge in [-0.25, -0.2) is 4.39 Å². The summed E-state index contributed by atoms with van der Waals surface area (Å²) < 4.78 is 18.2. The lowest BCUT2D eigenvalue weighted by Gasteiger charge is -2.16. The van der Waals surface area contributed by atoms with Gasteiger partial charge in [0.1, 0.15) is 18.2 Å². The van der Waals surface area contributed by atoms with E-state index >= 15 is 0 Å². The molecule has 0 N–H and O–H groups in total. The normalized spacial score (nSPS) is 10.2. The van der Waals surface area contributed by atoms with Crippen LogP contribution in [0.5, 0.6) is 5.75 Å². The van der Waals surface area contributed by atoms with Crippen LogP contribution in [0.4, 0.5) is 4.39 Å². The number of hydrogen-bond donors (Lipinski definition) is 0. The van der Waals surface area contributed by atoms with Crippen LogP contribution < -0.4 is 4.74 Å². The van der Waals surface area contributed by atoms with E-state index in [0.717, 1.165) is 5.56 Å². The number of aryl methyl sites for hydroxylation is 1. The highest BCUT2D eigenvalue weighted by Crippen LogP contribution is 2.11. The van der Waals surface area contributed by atoms with Gasteiger partial charge in [0.25, 0.3) is 5.91 Å². The zero-order valence-electron chi connectivity index (χ0n) is 13.1. The molecule has 1 amide bonds.